The van der Waals surface area contributed by atoms with E-state index in [1.165, 1.54) is 12.3 Å². The Morgan fingerprint density at radius 1 is 1.25 bits per heavy atom. The number of pyridine rings is 1. The molecule has 20 heavy (non-hydrogen) atoms. The van der Waals surface area contributed by atoms with Crippen LogP contribution in [-0.4, -0.2) is 13.4 Å². The second-order valence-electron chi connectivity index (χ2n) is 4.14. The minimum absolute atomic E-state index is 0.00201. The van der Waals surface area contributed by atoms with Crippen molar-refractivity contribution in [2.24, 2.45) is 0 Å². The van der Waals surface area contributed by atoms with Gasteiger partial charge in [0.2, 0.25) is 0 Å². The van der Waals surface area contributed by atoms with Crippen LogP contribution in [0.4, 0.5) is 20.3 Å². The minimum Gasteiger partial charge on any atom is -0.399 e. The van der Waals surface area contributed by atoms with Crippen molar-refractivity contribution in [3.63, 3.8) is 0 Å². The Balaban J connectivity index is 2.43. The molecule has 5 nitrogen and oxygen atoms in total. The summed E-state index contributed by atoms with van der Waals surface area (Å²) in [5, 5.41) is 0. The molecular formula is C12H11F2N3O2S. The number of rotatable bonds is 3. The number of aromatic nitrogens is 1. The highest BCUT2D eigenvalue weighted by Crippen LogP contribution is 2.23. The van der Waals surface area contributed by atoms with Crippen LogP contribution < -0.4 is 10.5 Å². The number of nitrogens with two attached hydrogens (primary N) is 1. The number of hydrogen-bond donors (Lipinski definition) is 2. The first-order chi connectivity index (χ1) is 9.29. The topological polar surface area (TPSA) is 85.1 Å². The average Bonchev–Trinajstić information content (AvgIpc) is 2.36. The van der Waals surface area contributed by atoms with E-state index in [0.29, 0.717) is 6.07 Å². The Labute approximate surface area is 114 Å². The fourth-order valence-corrected chi connectivity index (χ4v) is 2.63. The zero-order valence-electron chi connectivity index (χ0n) is 10.4. The Morgan fingerprint density at radius 2 is 1.95 bits per heavy atom. The predicted octanol–water partition coefficient (Wildman–Crippen LogP) is 2.05. The third-order valence-corrected chi connectivity index (χ3v) is 3.81. The van der Waals surface area contributed by atoms with E-state index in [9.17, 15) is 17.2 Å². The molecule has 0 aliphatic carbocycles. The summed E-state index contributed by atoms with van der Waals surface area (Å²) < 4.78 is 52.8. The third kappa shape index (κ3) is 2.85. The van der Waals surface area contributed by atoms with Gasteiger partial charge in [0, 0.05) is 11.9 Å². The molecule has 2 aromatic rings. The van der Waals surface area contributed by atoms with Crippen LogP contribution in [0.2, 0.25) is 0 Å². The highest BCUT2D eigenvalue weighted by molar-refractivity contribution is 7.92. The lowest BCUT2D eigenvalue weighted by Gasteiger charge is -2.09. The molecule has 2 rings (SSSR count). The standard InChI is InChI=1S/C12H11F2N3O2S/c1-7-2-3-11(16-6-7)17-20(18,19)10-5-8(15)4-9(13)12(10)14/h2-6H,15H2,1H3,(H,16,17). The number of halogens is 2. The maximum absolute atomic E-state index is 13.6. The Kier molecular flexibility index (Phi) is 3.58. The van der Waals surface area contributed by atoms with E-state index >= 15 is 0 Å². The summed E-state index contributed by atoms with van der Waals surface area (Å²) in [6.45, 7) is 1.78. The molecule has 0 saturated carbocycles. The molecule has 0 bridgehead atoms. The van der Waals surface area contributed by atoms with Crippen LogP contribution in [0.1, 0.15) is 5.56 Å². The number of nitrogens with zero attached hydrogens (tertiary/aromatic N) is 1. The van der Waals surface area contributed by atoms with Gasteiger partial charge < -0.3 is 5.73 Å². The first-order valence-electron chi connectivity index (χ1n) is 5.49. The van der Waals surface area contributed by atoms with Crippen molar-refractivity contribution in [3.8, 4) is 0 Å². The molecule has 1 aromatic heterocycles. The van der Waals surface area contributed by atoms with Gasteiger partial charge in [0.25, 0.3) is 10.0 Å². The van der Waals surface area contributed by atoms with Crippen molar-refractivity contribution < 1.29 is 17.2 Å². The fraction of sp³-hybridized carbons (Fsp3) is 0.0833. The Morgan fingerprint density at radius 3 is 2.55 bits per heavy atom. The highest BCUT2D eigenvalue weighted by atomic mass is 32.2. The molecule has 0 aliphatic heterocycles. The van der Waals surface area contributed by atoms with Gasteiger partial charge in [0.1, 0.15) is 10.7 Å². The molecule has 1 heterocycles. The summed E-state index contributed by atoms with van der Waals surface area (Å²) in [4.78, 5) is 2.96. The smallest absolute Gasteiger partial charge is 0.266 e. The quantitative estimate of drug-likeness (QED) is 0.849. The molecular weight excluding hydrogens is 288 g/mol. The highest BCUT2D eigenvalue weighted by Gasteiger charge is 2.23. The van der Waals surface area contributed by atoms with Crippen LogP contribution in [0, 0.1) is 18.6 Å². The monoisotopic (exact) mass is 299 g/mol. The van der Waals surface area contributed by atoms with Crippen molar-refractivity contribution in [2.75, 3.05) is 10.5 Å². The van der Waals surface area contributed by atoms with Gasteiger partial charge in [0.05, 0.1) is 0 Å². The van der Waals surface area contributed by atoms with Crippen molar-refractivity contribution in [1.29, 1.82) is 0 Å². The van der Waals surface area contributed by atoms with Crippen LogP contribution in [0.25, 0.3) is 0 Å². The zero-order valence-corrected chi connectivity index (χ0v) is 11.2. The summed E-state index contributed by atoms with van der Waals surface area (Å²) in [6, 6.07) is 4.59. The van der Waals surface area contributed by atoms with E-state index in [2.05, 4.69) is 9.71 Å². The first-order valence-corrected chi connectivity index (χ1v) is 6.98. The van der Waals surface area contributed by atoms with Crippen molar-refractivity contribution in [3.05, 3.63) is 47.7 Å². The van der Waals surface area contributed by atoms with Gasteiger partial charge in [0.15, 0.2) is 11.6 Å². The molecule has 8 heteroatoms. The average molecular weight is 299 g/mol. The van der Waals surface area contributed by atoms with Crippen molar-refractivity contribution in [1.82, 2.24) is 4.98 Å². The summed E-state index contributed by atoms with van der Waals surface area (Å²) in [5.41, 5.74) is 5.96. The lowest BCUT2D eigenvalue weighted by Crippen LogP contribution is -2.16. The van der Waals surface area contributed by atoms with E-state index in [0.717, 1.165) is 11.6 Å². The molecule has 1 aromatic carbocycles. The van der Waals surface area contributed by atoms with Gasteiger partial charge in [-0.25, -0.2) is 22.2 Å². The molecule has 0 spiro atoms. The van der Waals surface area contributed by atoms with Crippen LogP contribution in [0.3, 0.4) is 0 Å². The number of nitrogen functional groups attached to an aromatic ring is 1. The first kappa shape index (κ1) is 14.2. The Hall–Kier alpha value is -2.22. The molecule has 0 amide bonds. The van der Waals surface area contributed by atoms with E-state index in [4.69, 9.17) is 5.73 Å². The Bertz CT molecular complexity index is 746. The second-order valence-corrected chi connectivity index (χ2v) is 5.79. The molecule has 106 valence electrons. The van der Waals surface area contributed by atoms with Gasteiger partial charge in [-0.05, 0) is 30.7 Å². The van der Waals surface area contributed by atoms with Crippen LogP contribution >= 0.6 is 0 Å². The van der Waals surface area contributed by atoms with Crippen LogP contribution in [-0.2, 0) is 10.0 Å². The molecule has 0 fully saturated rings. The second kappa shape index (κ2) is 5.04. The number of benzene rings is 1. The van der Waals surface area contributed by atoms with Gasteiger partial charge in [-0.2, -0.15) is 0 Å². The molecule has 0 aliphatic rings. The fourth-order valence-electron chi connectivity index (χ4n) is 1.50. The molecule has 0 unspecified atom stereocenters. The van der Waals surface area contributed by atoms with Gasteiger partial charge in [-0.15, -0.1) is 0 Å². The van der Waals surface area contributed by atoms with E-state index < -0.39 is 26.6 Å². The zero-order chi connectivity index (χ0) is 14.9. The summed E-state index contributed by atoms with van der Waals surface area (Å²) in [7, 11) is -4.31. The molecule has 0 radical (unpaired) electrons. The summed E-state index contributed by atoms with van der Waals surface area (Å²) >= 11 is 0. The van der Waals surface area contributed by atoms with Crippen molar-refractivity contribution >= 4 is 21.5 Å². The molecule has 3 N–H and O–H groups in total. The van der Waals surface area contributed by atoms with E-state index in [1.807, 2.05) is 0 Å². The van der Waals surface area contributed by atoms with E-state index in [-0.39, 0.29) is 11.5 Å². The number of hydrogen-bond acceptors (Lipinski definition) is 4. The third-order valence-electron chi connectivity index (χ3n) is 2.46. The largest absolute Gasteiger partial charge is 0.399 e. The summed E-state index contributed by atoms with van der Waals surface area (Å²) in [5.74, 6) is -2.82. The lowest BCUT2D eigenvalue weighted by atomic mass is 10.3. The van der Waals surface area contributed by atoms with Crippen LogP contribution in [0.5, 0.6) is 0 Å². The van der Waals surface area contributed by atoms with Crippen LogP contribution in [0.15, 0.2) is 35.4 Å². The molecule has 0 saturated heterocycles. The van der Waals surface area contributed by atoms with Gasteiger partial charge >= 0.3 is 0 Å². The van der Waals surface area contributed by atoms with Gasteiger partial charge in [-0.1, -0.05) is 6.07 Å². The maximum atomic E-state index is 13.6. The number of anilines is 2. The SMILES string of the molecule is Cc1ccc(NS(=O)(=O)c2cc(N)cc(F)c2F)nc1. The predicted molar refractivity (Wildman–Crippen MR) is 70.6 cm³/mol. The van der Waals surface area contributed by atoms with Crippen molar-refractivity contribution in [2.45, 2.75) is 11.8 Å². The minimum atomic E-state index is -4.31. The summed E-state index contributed by atoms with van der Waals surface area (Å²) in [6.07, 6.45) is 1.44. The number of sulfonamides is 1. The number of aryl methyl sites for hydroxylation is 1. The van der Waals surface area contributed by atoms with E-state index in [1.54, 1.807) is 13.0 Å². The number of nitrogens with one attached hydrogen (secondary N) is 1. The lowest BCUT2D eigenvalue weighted by molar-refractivity contribution is 0.486. The van der Waals surface area contributed by atoms with Gasteiger partial charge in [-0.3, -0.25) is 4.72 Å². The normalized spacial score (nSPS) is 11.3. The maximum Gasteiger partial charge on any atom is 0.266 e. The molecule has 0 atom stereocenters.